The van der Waals surface area contributed by atoms with E-state index >= 15 is 0 Å². The van der Waals surface area contributed by atoms with Crippen molar-refractivity contribution in [2.45, 2.75) is 38.8 Å². The summed E-state index contributed by atoms with van der Waals surface area (Å²) < 4.78 is 6.03. The Morgan fingerprint density at radius 3 is 2.82 bits per heavy atom. The summed E-state index contributed by atoms with van der Waals surface area (Å²) in [5.41, 5.74) is 3.63. The van der Waals surface area contributed by atoms with Crippen LogP contribution in [0.4, 0.5) is 0 Å². The zero-order chi connectivity index (χ0) is 22.8. The van der Waals surface area contributed by atoms with Gasteiger partial charge in [-0.25, -0.2) is 5.10 Å². The van der Waals surface area contributed by atoms with Crippen molar-refractivity contribution in [1.82, 2.24) is 20.1 Å². The summed E-state index contributed by atoms with van der Waals surface area (Å²) in [6.07, 6.45) is 2.48. The predicted molar refractivity (Wildman–Crippen MR) is 128 cm³/mol. The van der Waals surface area contributed by atoms with Gasteiger partial charge in [-0.2, -0.15) is 5.10 Å². The summed E-state index contributed by atoms with van der Waals surface area (Å²) in [6.45, 7) is 3.13. The molecule has 0 bridgehead atoms. The second-order valence-corrected chi connectivity index (χ2v) is 9.30. The molecule has 8 heteroatoms. The minimum Gasteiger partial charge on any atom is -0.489 e. The van der Waals surface area contributed by atoms with Gasteiger partial charge in [0.1, 0.15) is 17.4 Å². The molecule has 1 amide bonds. The number of hydrogen-bond donors (Lipinski definition) is 1. The van der Waals surface area contributed by atoms with Crippen LogP contribution in [0.1, 0.15) is 39.5 Å². The second kappa shape index (κ2) is 9.15. The molecule has 1 aliphatic heterocycles. The van der Waals surface area contributed by atoms with E-state index in [1.165, 1.54) is 0 Å². The van der Waals surface area contributed by atoms with Gasteiger partial charge in [0, 0.05) is 41.2 Å². The largest absolute Gasteiger partial charge is 0.489 e. The highest BCUT2D eigenvalue weighted by Gasteiger charge is 2.30. The number of pyridine rings is 1. The lowest BCUT2D eigenvalue weighted by Crippen LogP contribution is -2.36. The molecular weight excluding hydrogens is 436 g/mol. The molecule has 1 unspecified atom stereocenters. The number of rotatable bonds is 6. The number of fused-ring (bicyclic) bond motifs is 1. The monoisotopic (exact) mass is 460 g/mol. The maximum atomic E-state index is 13.1. The van der Waals surface area contributed by atoms with Crippen LogP contribution in [0.15, 0.2) is 59.4 Å². The summed E-state index contributed by atoms with van der Waals surface area (Å²) in [4.78, 5) is 30.8. The Balaban J connectivity index is 1.26. The predicted octanol–water partition coefficient (Wildman–Crippen LogP) is 4.11. The van der Waals surface area contributed by atoms with Crippen LogP contribution in [0.2, 0.25) is 0 Å². The maximum absolute atomic E-state index is 13.1. The maximum Gasteiger partial charge on any atom is 0.322 e. The number of ether oxygens (including phenoxy) is 1. The third kappa shape index (κ3) is 4.66. The number of amides is 1. The van der Waals surface area contributed by atoms with Crippen LogP contribution in [0.3, 0.4) is 0 Å². The van der Waals surface area contributed by atoms with Gasteiger partial charge >= 0.3 is 4.87 Å². The Labute approximate surface area is 195 Å². The quantitative estimate of drug-likeness (QED) is 0.468. The number of nitrogens with zero attached hydrogens (tertiary/aromatic N) is 3. The zero-order valence-corrected chi connectivity index (χ0v) is 19.1. The number of benzene rings is 2. The highest BCUT2D eigenvalue weighted by atomic mass is 32.1. The van der Waals surface area contributed by atoms with Gasteiger partial charge in [0.05, 0.1) is 5.52 Å². The van der Waals surface area contributed by atoms with Crippen LogP contribution >= 0.6 is 11.3 Å². The number of carbonyl (C=O) groups excluding carboxylic acids is 1. The van der Waals surface area contributed by atoms with Crippen molar-refractivity contribution < 1.29 is 9.53 Å². The Kier molecular flexibility index (Phi) is 5.92. The molecule has 33 heavy (non-hydrogen) atoms. The number of likely N-dealkylation sites (tertiary alicyclic amines) is 1. The van der Waals surface area contributed by atoms with Crippen LogP contribution in [-0.2, 0) is 13.0 Å². The standard InChI is InChI=1S/C25H24N4O3S/c1-16-13-18(21-6-2-3-7-22(21)26-16)15-32-20-10-8-17(9-11-20)24(30)29-12-4-5-19(29)14-23-27-28-25(31)33-23/h2-3,6-11,13,19H,4-5,12,14-15H2,1H3,(H,28,31). The smallest absolute Gasteiger partial charge is 0.322 e. The van der Waals surface area contributed by atoms with Gasteiger partial charge in [-0.15, -0.1) is 0 Å². The molecule has 5 rings (SSSR count). The Morgan fingerprint density at radius 2 is 2.03 bits per heavy atom. The summed E-state index contributed by atoms with van der Waals surface area (Å²) in [7, 11) is 0. The molecule has 1 fully saturated rings. The van der Waals surface area contributed by atoms with E-state index in [1.54, 1.807) is 0 Å². The summed E-state index contributed by atoms with van der Waals surface area (Å²) in [6, 6.07) is 17.5. The third-order valence-electron chi connectivity index (χ3n) is 5.96. The van der Waals surface area contributed by atoms with Crippen molar-refractivity contribution in [3.8, 4) is 5.75 Å². The van der Waals surface area contributed by atoms with Crippen LogP contribution in [0.5, 0.6) is 5.75 Å². The van der Waals surface area contributed by atoms with Crippen LogP contribution < -0.4 is 9.61 Å². The molecule has 7 nitrogen and oxygen atoms in total. The SMILES string of the molecule is Cc1cc(COc2ccc(C(=O)N3CCCC3Cc3n[nH]c(=O)s3)cc2)c2ccccc2n1. The fraction of sp³-hybridized carbons (Fsp3) is 0.280. The minimum atomic E-state index is -0.161. The van der Waals surface area contributed by atoms with Crippen molar-refractivity contribution in [2.24, 2.45) is 0 Å². The van der Waals surface area contributed by atoms with E-state index in [-0.39, 0.29) is 16.8 Å². The van der Waals surface area contributed by atoms with Crippen molar-refractivity contribution in [3.63, 3.8) is 0 Å². The molecule has 1 aliphatic rings. The normalized spacial score (nSPS) is 15.8. The molecule has 168 valence electrons. The number of carbonyl (C=O) groups is 1. The number of H-pyrrole nitrogens is 1. The first kappa shape index (κ1) is 21.3. The highest BCUT2D eigenvalue weighted by molar-refractivity contribution is 7.08. The molecular formula is C25H24N4O3S. The van der Waals surface area contributed by atoms with Crippen LogP contribution in [0, 0.1) is 6.92 Å². The average molecular weight is 461 g/mol. The summed E-state index contributed by atoms with van der Waals surface area (Å²) in [5, 5.41) is 8.33. The second-order valence-electron chi connectivity index (χ2n) is 8.26. The number of para-hydroxylation sites is 1. The Hall–Kier alpha value is -3.52. The van der Waals surface area contributed by atoms with Gasteiger partial charge in [0.25, 0.3) is 5.91 Å². The van der Waals surface area contributed by atoms with Crippen molar-refractivity contribution in [1.29, 1.82) is 0 Å². The van der Waals surface area contributed by atoms with Gasteiger partial charge < -0.3 is 9.64 Å². The van der Waals surface area contributed by atoms with Crippen molar-refractivity contribution >= 4 is 28.1 Å². The molecule has 4 aromatic rings. The topological polar surface area (TPSA) is 88.2 Å². The number of aromatic amines is 1. The van der Waals surface area contributed by atoms with E-state index in [2.05, 4.69) is 21.2 Å². The molecule has 1 atom stereocenters. The molecule has 0 radical (unpaired) electrons. The summed E-state index contributed by atoms with van der Waals surface area (Å²) in [5.74, 6) is 0.715. The first-order chi connectivity index (χ1) is 16.1. The van der Waals surface area contributed by atoms with Crippen molar-refractivity contribution in [3.05, 3.63) is 86.1 Å². The van der Waals surface area contributed by atoms with Gasteiger partial charge in [-0.3, -0.25) is 14.6 Å². The highest BCUT2D eigenvalue weighted by Crippen LogP contribution is 2.25. The number of hydrogen-bond acceptors (Lipinski definition) is 6. The van der Waals surface area contributed by atoms with Crippen molar-refractivity contribution in [2.75, 3.05) is 6.54 Å². The Bertz CT molecular complexity index is 1350. The molecule has 0 spiro atoms. The first-order valence-corrected chi connectivity index (χ1v) is 11.8. The number of aryl methyl sites for hydroxylation is 1. The van der Waals surface area contributed by atoms with Crippen LogP contribution in [0.25, 0.3) is 10.9 Å². The minimum absolute atomic E-state index is 0.00249. The fourth-order valence-electron chi connectivity index (χ4n) is 4.40. The number of aromatic nitrogens is 3. The fourth-order valence-corrected chi connectivity index (χ4v) is 5.07. The molecule has 0 saturated carbocycles. The van der Waals surface area contributed by atoms with Crippen LogP contribution in [-0.4, -0.2) is 38.6 Å². The first-order valence-electron chi connectivity index (χ1n) is 11.0. The molecule has 2 aromatic carbocycles. The van der Waals surface area contributed by atoms with Gasteiger partial charge in [0.15, 0.2) is 0 Å². The van der Waals surface area contributed by atoms with E-state index < -0.39 is 0 Å². The van der Waals surface area contributed by atoms with E-state index in [9.17, 15) is 9.59 Å². The summed E-state index contributed by atoms with van der Waals surface area (Å²) >= 11 is 1.11. The third-order valence-corrected chi connectivity index (χ3v) is 6.73. The lowest BCUT2D eigenvalue weighted by Gasteiger charge is -2.24. The lowest BCUT2D eigenvalue weighted by atomic mass is 10.1. The zero-order valence-electron chi connectivity index (χ0n) is 18.3. The average Bonchev–Trinajstić information content (AvgIpc) is 3.46. The molecule has 2 aromatic heterocycles. The molecule has 1 saturated heterocycles. The van der Waals surface area contributed by atoms with E-state index in [4.69, 9.17) is 4.74 Å². The number of nitrogens with one attached hydrogen (secondary N) is 1. The molecule has 3 heterocycles. The van der Waals surface area contributed by atoms with E-state index in [1.807, 2.05) is 60.4 Å². The van der Waals surface area contributed by atoms with Gasteiger partial charge in [-0.05, 0) is 56.2 Å². The lowest BCUT2D eigenvalue weighted by molar-refractivity contribution is 0.0736. The Morgan fingerprint density at radius 1 is 1.21 bits per heavy atom. The van der Waals surface area contributed by atoms with Gasteiger partial charge in [0.2, 0.25) is 0 Å². The van der Waals surface area contributed by atoms with E-state index in [0.717, 1.165) is 57.9 Å². The molecule has 1 N–H and O–H groups in total. The van der Waals surface area contributed by atoms with E-state index in [0.29, 0.717) is 24.3 Å². The van der Waals surface area contributed by atoms with Gasteiger partial charge in [-0.1, -0.05) is 29.5 Å². The molecule has 0 aliphatic carbocycles.